The predicted molar refractivity (Wildman–Crippen MR) is 82.8 cm³/mol. The summed E-state index contributed by atoms with van der Waals surface area (Å²) >= 11 is 0. The van der Waals surface area contributed by atoms with Crippen LogP contribution in [0.15, 0.2) is 72.4 Å². The van der Waals surface area contributed by atoms with Gasteiger partial charge in [0.15, 0.2) is 5.78 Å². The molecule has 0 saturated heterocycles. The van der Waals surface area contributed by atoms with Gasteiger partial charge < -0.3 is 4.90 Å². The third kappa shape index (κ3) is 4.71. The van der Waals surface area contributed by atoms with E-state index in [0.29, 0.717) is 6.08 Å². The number of rotatable bonds is 5. The van der Waals surface area contributed by atoms with E-state index in [9.17, 15) is 18.0 Å². The van der Waals surface area contributed by atoms with Crippen LogP contribution in [0.4, 0.5) is 13.2 Å². The van der Waals surface area contributed by atoms with Gasteiger partial charge in [-0.3, -0.25) is 4.79 Å². The maximum atomic E-state index is 13.3. The Kier molecular flexibility index (Phi) is 5.21. The van der Waals surface area contributed by atoms with Crippen LogP contribution < -0.4 is 0 Å². The molecular formula is C18H16F3NO. The van der Waals surface area contributed by atoms with Gasteiger partial charge in [0, 0.05) is 25.2 Å². The first kappa shape index (κ1) is 16.8. The fraction of sp³-hybridized carbons (Fsp3) is 0.167. The average Bonchev–Trinajstić information content (AvgIpc) is 2.53. The lowest BCUT2D eigenvalue weighted by Crippen LogP contribution is -2.29. The highest BCUT2D eigenvalue weighted by Gasteiger charge is 2.37. The lowest BCUT2D eigenvalue weighted by Gasteiger charge is -2.24. The Morgan fingerprint density at radius 2 is 1.52 bits per heavy atom. The van der Waals surface area contributed by atoms with Gasteiger partial charge in [-0.15, -0.1) is 0 Å². The van der Waals surface area contributed by atoms with Crippen molar-refractivity contribution in [1.82, 2.24) is 4.90 Å². The molecule has 2 nitrogen and oxygen atoms in total. The minimum atomic E-state index is -4.60. The second-order valence-corrected chi connectivity index (χ2v) is 5.10. The minimum absolute atomic E-state index is 0.0637. The van der Waals surface area contributed by atoms with Crippen LogP contribution in [-0.4, -0.2) is 23.9 Å². The molecule has 0 aliphatic heterocycles. The number of halogens is 3. The summed E-state index contributed by atoms with van der Waals surface area (Å²) < 4.78 is 39.9. The summed E-state index contributed by atoms with van der Waals surface area (Å²) in [6.45, 7) is 0.0637. The van der Waals surface area contributed by atoms with Crippen LogP contribution in [0.2, 0.25) is 0 Å². The van der Waals surface area contributed by atoms with Gasteiger partial charge in [0.2, 0.25) is 0 Å². The summed E-state index contributed by atoms with van der Waals surface area (Å²) in [5, 5.41) is 0. The van der Waals surface area contributed by atoms with Crippen molar-refractivity contribution in [3.63, 3.8) is 0 Å². The lowest BCUT2D eigenvalue weighted by atomic mass is 10.1. The van der Waals surface area contributed by atoms with Crippen molar-refractivity contribution < 1.29 is 18.0 Å². The highest BCUT2D eigenvalue weighted by atomic mass is 19.4. The molecule has 2 rings (SSSR count). The maximum absolute atomic E-state index is 13.3. The van der Waals surface area contributed by atoms with E-state index in [1.165, 1.54) is 19.2 Å². The Morgan fingerprint density at radius 3 is 2.04 bits per heavy atom. The third-order valence-electron chi connectivity index (χ3n) is 3.29. The summed E-state index contributed by atoms with van der Waals surface area (Å²) in [5.74, 6) is -0.669. The number of nitrogens with zero attached hydrogens (tertiary/aromatic N) is 1. The standard InChI is InChI=1S/C18H16F3NO/c1-22(13-14-8-4-2-5-9-14)17(18(19,20)21)12-16(23)15-10-6-3-7-11-15/h2-12H,13H2,1H3/b17-12-. The van der Waals surface area contributed by atoms with Crippen molar-refractivity contribution in [2.75, 3.05) is 7.05 Å². The number of benzene rings is 2. The Morgan fingerprint density at radius 1 is 1.00 bits per heavy atom. The first-order valence-corrected chi connectivity index (χ1v) is 7.01. The van der Waals surface area contributed by atoms with Crippen LogP contribution >= 0.6 is 0 Å². The van der Waals surface area contributed by atoms with Crippen LogP contribution in [-0.2, 0) is 6.54 Å². The van der Waals surface area contributed by atoms with Crippen LogP contribution in [0.3, 0.4) is 0 Å². The van der Waals surface area contributed by atoms with E-state index in [0.717, 1.165) is 10.5 Å². The van der Waals surface area contributed by atoms with Gasteiger partial charge in [-0.1, -0.05) is 60.7 Å². The Labute approximate surface area is 132 Å². The highest BCUT2D eigenvalue weighted by molar-refractivity contribution is 6.04. The SMILES string of the molecule is CN(Cc1ccccc1)/C(=C\C(=O)c1ccccc1)C(F)(F)F. The molecule has 0 amide bonds. The van der Waals surface area contributed by atoms with Gasteiger partial charge in [-0.25, -0.2) is 0 Å². The van der Waals surface area contributed by atoms with E-state index < -0.39 is 17.7 Å². The van der Waals surface area contributed by atoms with Gasteiger partial charge in [0.1, 0.15) is 5.70 Å². The molecule has 0 aromatic heterocycles. The Balaban J connectivity index is 2.26. The molecule has 0 saturated carbocycles. The molecule has 0 heterocycles. The second-order valence-electron chi connectivity index (χ2n) is 5.10. The Hall–Kier alpha value is -2.56. The second kappa shape index (κ2) is 7.13. The van der Waals surface area contributed by atoms with E-state index in [1.54, 1.807) is 48.5 Å². The third-order valence-corrected chi connectivity index (χ3v) is 3.29. The van der Waals surface area contributed by atoms with E-state index in [2.05, 4.69) is 0 Å². The number of alkyl halides is 3. The first-order chi connectivity index (χ1) is 10.9. The van der Waals surface area contributed by atoms with Crippen molar-refractivity contribution >= 4 is 5.78 Å². The molecule has 0 N–H and O–H groups in total. The Bertz CT molecular complexity index is 678. The smallest absolute Gasteiger partial charge is 0.366 e. The molecule has 0 spiro atoms. The fourth-order valence-corrected chi connectivity index (χ4v) is 2.16. The van der Waals surface area contributed by atoms with E-state index in [4.69, 9.17) is 0 Å². The molecule has 0 aliphatic rings. The summed E-state index contributed by atoms with van der Waals surface area (Å²) in [6, 6.07) is 16.7. The molecule has 0 unspecified atom stereocenters. The first-order valence-electron chi connectivity index (χ1n) is 7.01. The normalized spacial score (nSPS) is 12.1. The van der Waals surface area contributed by atoms with E-state index in [1.807, 2.05) is 0 Å². The quantitative estimate of drug-likeness (QED) is 0.599. The highest BCUT2D eigenvalue weighted by Crippen LogP contribution is 2.29. The molecule has 23 heavy (non-hydrogen) atoms. The molecule has 0 fully saturated rings. The predicted octanol–water partition coefficient (Wildman–Crippen LogP) is 4.45. The molecule has 120 valence electrons. The summed E-state index contributed by atoms with van der Waals surface area (Å²) in [4.78, 5) is 13.1. The molecule has 2 aromatic carbocycles. The average molecular weight is 319 g/mol. The van der Waals surface area contributed by atoms with Crippen molar-refractivity contribution in [3.05, 3.63) is 83.6 Å². The van der Waals surface area contributed by atoms with Crippen molar-refractivity contribution in [3.8, 4) is 0 Å². The number of ketones is 1. The van der Waals surface area contributed by atoms with Crippen LogP contribution in [0.25, 0.3) is 0 Å². The molecule has 2 aromatic rings. The molecule has 0 aliphatic carbocycles. The number of carbonyl (C=O) groups excluding carboxylic acids is 1. The molecular weight excluding hydrogens is 303 g/mol. The topological polar surface area (TPSA) is 20.3 Å². The molecule has 0 atom stereocenters. The molecule has 0 radical (unpaired) electrons. The zero-order chi connectivity index (χ0) is 16.9. The van der Waals surface area contributed by atoms with Crippen molar-refractivity contribution in [2.45, 2.75) is 12.7 Å². The van der Waals surface area contributed by atoms with Gasteiger partial charge in [-0.05, 0) is 5.56 Å². The number of hydrogen-bond donors (Lipinski definition) is 0. The monoisotopic (exact) mass is 319 g/mol. The zero-order valence-corrected chi connectivity index (χ0v) is 12.5. The number of carbonyl (C=O) groups is 1. The largest absolute Gasteiger partial charge is 0.431 e. The van der Waals surface area contributed by atoms with E-state index >= 15 is 0 Å². The lowest BCUT2D eigenvalue weighted by molar-refractivity contribution is -0.110. The minimum Gasteiger partial charge on any atom is -0.366 e. The van der Waals surface area contributed by atoms with Crippen molar-refractivity contribution in [1.29, 1.82) is 0 Å². The maximum Gasteiger partial charge on any atom is 0.431 e. The van der Waals surface area contributed by atoms with Gasteiger partial charge in [-0.2, -0.15) is 13.2 Å². The number of hydrogen-bond acceptors (Lipinski definition) is 2. The fourth-order valence-electron chi connectivity index (χ4n) is 2.16. The van der Waals surface area contributed by atoms with E-state index in [-0.39, 0.29) is 12.1 Å². The van der Waals surface area contributed by atoms with Gasteiger partial charge in [0.05, 0.1) is 0 Å². The van der Waals surface area contributed by atoms with Crippen LogP contribution in [0, 0.1) is 0 Å². The molecule has 0 bridgehead atoms. The van der Waals surface area contributed by atoms with Crippen LogP contribution in [0.5, 0.6) is 0 Å². The van der Waals surface area contributed by atoms with Gasteiger partial charge >= 0.3 is 6.18 Å². The summed E-state index contributed by atoms with van der Waals surface area (Å²) in [6.07, 6.45) is -3.95. The summed E-state index contributed by atoms with van der Waals surface area (Å²) in [5.41, 5.74) is -0.00474. The number of allylic oxidation sites excluding steroid dienone is 2. The van der Waals surface area contributed by atoms with Crippen LogP contribution in [0.1, 0.15) is 15.9 Å². The molecule has 5 heteroatoms. The zero-order valence-electron chi connectivity index (χ0n) is 12.5. The van der Waals surface area contributed by atoms with Crippen molar-refractivity contribution in [2.24, 2.45) is 0 Å². The summed E-state index contributed by atoms with van der Waals surface area (Å²) in [7, 11) is 1.32. The van der Waals surface area contributed by atoms with Gasteiger partial charge in [0.25, 0.3) is 0 Å².